The van der Waals surface area contributed by atoms with E-state index < -0.39 is 0 Å². The van der Waals surface area contributed by atoms with Crippen molar-refractivity contribution in [3.05, 3.63) is 39.4 Å². The van der Waals surface area contributed by atoms with Gasteiger partial charge in [-0.3, -0.25) is 10.1 Å². The molecule has 0 aliphatic carbocycles. The number of nitro groups is 1. The van der Waals surface area contributed by atoms with Crippen LogP contribution in [0.1, 0.15) is 51.2 Å². The van der Waals surface area contributed by atoms with Gasteiger partial charge in [0.1, 0.15) is 0 Å². The van der Waals surface area contributed by atoms with Crippen molar-refractivity contribution in [1.82, 2.24) is 5.32 Å². The molecule has 0 saturated heterocycles. The van der Waals surface area contributed by atoms with Crippen LogP contribution in [-0.4, -0.2) is 10.5 Å². The summed E-state index contributed by atoms with van der Waals surface area (Å²) in [6, 6.07) is 5.28. The zero-order chi connectivity index (χ0) is 14.5. The molecule has 0 aliphatic heterocycles. The van der Waals surface area contributed by atoms with Gasteiger partial charge >= 0.3 is 0 Å². The van der Waals surface area contributed by atoms with E-state index in [1.807, 2.05) is 13.0 Å². The summed E-state index contributed by atoms with van der Waals surface area (Å²) >= 11 is 0. The molecule has 0 saturated carbocycles. The lowest BCUT2D eigenvalue weighted by atomic mass is 9.89. The molecule has 0 bridgehead atoms. The van der Waals surface area contributed by atoms with Gasteiger partial charge in [0.05, 0.1) is 4.92 Å². The van der Waals surface area contributed by atoms with Crippen LogP contribution in [0, 0.1) is 17.0 Å². The molecule has 106 valence electrons. The molecule has 0 aliphatic rings. The van der Waals surface area contributed by atoms with E-state index in [9.17, 15) is 10.1 Å². The fourth-order valence-corrected chi connectivity index (χ4v) is 2.47. The highest BCUT2D eigenvalue weighted by Gasteiger charge is 2.23. The number of hydrogen-bond acceptors (Lipinski definition) is 3. The highest BCUT2D eigenvalue weighted by atomic mass is 16.6. The van der Waals surface area contributed by atoms with Crippen LogP contribution in [0.25, 0.3) is 0 Å². The van der Waals surface area contributed by atoms with E-state index in [1.165, 1.54) is 0 Å². The lowest BCUT2D eigenvalue weighted by Gasteiger charge is -2.32. The first-order valence-corrected chi connectivity index (χ1v) is 6.97. The quantitative estimate of drug-likeness (QED) is 0.599. The Bertz CT molecular complexity index is 432. The topological polar surface area (TPSA) is 55.2 Å². The smallest absolute Gasteiger partial charge is 0.272 e. The van der Waals surface area contributed by atoms with Crippen LogP contribution in [0.5, 0.6) is 0 Å². The zero-order valence-corrected chi connectivity index (χ0v) is 12.3. The summed E-state index contributed by atoms with van der Waals surface area (Å²) in [6.45, 7) is 9.05. The monoisotopic (exact) mass is 264 g/mol. The zero-order valence-electron chi connectivity index (χ0n) is 12.3. The SMILES string of the molecule is CCC(CC)(CC)NCc1cccc([N+](=O)[O-])c1C. The van der Waals surface area contributed by atoms with E-state index in [2.05, 4.69) is 26.1 Å². The molecule has 1 rings (SSSR count). The van der Waals surface area contributed by atoms with Crippen molar-refractivity contribution in [2.24, 2.45) is 0 Å². The van der Waals surface area contributed by atoms with Gasteiger partial charge < -0.3 is 5.32 Å². The molecular formula is C15H24N2O2. The van der Waals surface area contributed by atoms with E-state index in [0.29, 0.717) is 6.54 Å². The highest BCUT2D eigenvalue weighted by molar-refractivity contribution is 5.44. The molecule has 4 nitrogen and oxygen atoms in total. The second-order valence-corrected chi connectivity index (χ2v) is 5.01. The van der Waals surface area contributed by atoms with Crippen LogP contribution in [0.2, 0.25) is 0 Å². The summed E-state index contributed by atoms with van der Waals surface area (Å²) < 4.78 is 0. The third-order valence-corrected chi connectivity index (χ3v) is 4.30. The summed E-state index contributed by atoms with van der Waals surface area (Å²) in [5, 5.41) is 14.5. The molecule has 1 aromatic carbocycles. The molecule has 0 amide bonds. The molecular weight excluding hydrogens is 240 g/mol. The number of nitrogens with one attached hydrogen (secondary N) is 1. The maximum Gasteiger partial charge on any atom is 0.272 e. The van der Waals surface area contributed by atoms with Gasteiger partial charge in [-0.1, -0.05) is 32.9 Å². The molecule has 4 heteroatoms. The average Bonchev–Trinajstić information content (AvgIpc) is 2.42. The van der Waals surface area contributed by atoms with Crippen molar-refractivity contribution in [2.45, 2.75) is 59.0 Å². The third kappa shape index (κ3) is 3.53. The Morgan fingerprint density at radius 2 is 1.79 bits per heavy atom. The van der Waals surface area contributed by atoms with E-state index in [4.69, 9.17) is 0 Å². The minimum absolute atomic E-state index is 0.136. The minimum atomic E-state index is -0.314. The number of benzene rings is 1. The molecule has 1 N–H and O–H groups in total. The normalized spacial score (nSPS) is 11.6. The van der Waals surface area contributed by atoms with E-state index >= 15 is 0 Å². The first-order chi connectivity index (χ1) is 8.99. The van der Waals surface area contributed by atoms with Crippen molar-refractivity contribution in [3.8, 4) is 0 Å². The summed E-state index contributed by atoms with van der Waals surface area (Å²) in [7, 11) is 0. The molecule has 0 spiro atoms. The van der Waals surface area contributed by atoms with E-state index in [1.54, 1.807) is 12.1 Å². The fourth-order valence-electron chi connectivity index (χ4n) is 2.47. The summed E-state index contributed by atoms with van der Waals surface area (Å²) in [6.07, 6.45) is 3.19. The van der Waals surface area contributed by atoms with Crippen LogP contribution in [0.4, 0.5) is 5.69 Å². The second kappa shape index (κ2) is 6.66. The van der Waals surface area contributed by atoms with Crippen LogP contribution in [0.3, 0.4) is 0 Å². The largest absolute Gasteiger partial charge is 0.307 e. The molecule has 1 aromatic rings. The lowest BCUT2D eigenvalue weighted by molar-refractivity contribution is -0.385. The second-order valence-electron chi connectivity index (χ2n) is 5.01. The van der Waals surface area contributed by atoms with Gasteiger partial charge in [0.25, 0.3) is 5.69 Å². The van der Waals surface area contributed by atoms with Crippen molar-refractivity contribution in [2.75, 3.05) is 0 Å². The van der Waals surface area contributed by atoms with Gasteiger partial charge in [-0.05, 0) is 31.7 Å². The molecule has 0 atom stereocenters. The Morgan fingerprint density at radius 1 is 1.21 bits per heavy atom. The van der Waals surface area contributed by atoms with Crippen LogP contribution in [0.15, 0.2) is 18.2 Å². The summed E-state index contributed by atoms with van der Waals surface area (Å²) in [5.41, 5.74) is 2.11. The highest BCUT2D eigenvalue weighted by Crippen LogP contribution is 2.24. The Kier molecular flexibility index (Phi) is 5.48. The predicted octanol–water partition coefficient (Wildman–Crippen LogP) is 3.96. The predicted molar refractivity (Wildman–Crippen MR) is 78.3 cm³/mol. The first-order valence-electron chi connectivity index (χ1n) is 6.97. The maximum absolute atomic E-state index is 10.9. The van der Waals surface area contributed by atoms with Crippen LogP contribution >= 0.6 is 0 Å². The van der Waals surface area contributed by atoms with Gasteiger partial charge in [0.15, 0.2) is 0 Å². The Morgan fingerprint density at radius 3 is 2.26 bits per heavy atom. The van der Waals surface area contributed by atoms with Gasteiger partial charge in [0.2, 0.25) is 0 Å². The van der Waals surface area contributed by atoms with E-state index in [0.717, 1.165) is 30.4 Å². The standard InChI is InChI=1S/C15H24N2O2/c1-5-15(6-2,7-3)16-11-13-9-8-10-14(12(13)4)17(18)19/h8-10,16H,5-7,11H2,1-4H3. The molecule has 0 unspecified atom stereocenters. The Hall–Kier alpha value is -1.42. The van der Waals surface area contributed by atoms with Crippen LogP contribution < -0.4 is 5.32 Å². The number of hydrogen-bond donors (Lipinski definition) is 1. The Labute approximate surface area is 115 Å². The van der Waals surface area contributed by atoms with Gasteiger partial charge in [-0.15, -0.1) is 0 Å². The summed E-state index contributed by atoms with van der Waals surface area (Å²) in [4.78, 5) is 10.6. The molecule has 0 radical (unpaired) electrons. The van der Waals surface area contributed by atoms with Gasteiger partial charge in [-0.2, -0.15) is 0 Å². The molecule has 0 fully saturated rings. The maximum atomic E-state index is 10.9. The molecule has 19 heavy (non-hydrogen) atoms. The van der Waals surface area contributed by atoms with Crippen molar-refractivity contribution >= 4 is 5.69 Å². The van der Waals surface area contributed by atoms with Crippen LogP contribution in [-0.2, 0) is 6.54 Å². The van der Waals surface area contributed by atoms with Crippen molar-refractivity contribution < 1.29 is 4.92 Å². The van der Waals surface area contributed by atoms with Gasteiger partial charge in [-0.25, -0.2) is 0 Å². The van der Waals surface area contributed by atoms with Crippen molar-refractivity contribution in [3.63, 3.8) is 0 Å². The average molecular weight is 264 g/mol. The van der Waals surface area contributed by atoms with E-state index in [-0.39, 0.29) is 16.1 Å². The molecule has 0 aromatic heterocycles. The number of nitrogens with zero attached hydrogens (tertiary/aromatic N) is 1. The fraction of sp³-hybridized carbons (Fsp3) is 0.600. The summed E-state index contributed by atoms with van der Waals surface area (Å²) in [5.74, 6) is 0. The minimum Gasteiger partial charge on any atom is -0.307 e. The van der Waals surface area contributed by atoms with Gasteiger partial charge in [0, 0.05) is 23.7 Å². The molecule has 0 heterocycles. The number of rotatable bonds is 7. The third-order valence-electron chi connectivity index (χ3n) is 4.30. The Balaban J connectivity index is 2.89. The van der Waals surface area contributed by atoms with Crippen molar-refractivity contribution in [1.29, 1.82) is 0 Å². The lowest BCUT2D eigenvalue weighted by Crippen LogP contribution is -2.43. The first kappa shape index (κ1) is 15.6. The number of nitro benzene ring substituents is 1.